The van der Waals surface area contributed by atoms with E-state index in [1.54, 1.807) is 0 Å². The summed E-state index contributed by atoms with van der Waals surface area (Å²) in [4.78, 5) is 9.12. The summed E-state index contributed by atoms with van der Waals surface area (Å²) in [7, 11) is 3.94. The van der Waals surface area contributed by atoms with Crippen LogP contribution >= 0.6 is 0 Å². The van der Waals surface area contributed by atoms with Crippen molar-refractivity contribution < 1.29 is 4.74 Å². The van der Waals surface area contributed by atoms with Gasteiger partial charge in [0.15, 0.2) is 5.96 Å². The normalized spacial score (nSPS) is 23.6. The van der Waals surface area contributed by atoms with Gasteiger partial charge in [-0.15, -0.1) is 0 Å². The van der Waals surface area contributed by atoms with E-state index in [4.69, 9.17) is 4.74 Å². The Balaban J connectivity index is 1.58. The average molecular weight is 310 g/mol. The highest BCUT2D eigenvalue weighted by Crippen LogP contribution is 2.28. The highest BCUT2D eigenvalue weighted by Gasteiger charge is 2.21. The molecular weight excluding hydrogens is 276 g/mol. The molecule has 1 heterocycles. The Kier molecular flexibility index (Phi) is 7.46. The Hall–Kier alpha value is -0.810. The Morgan fingerprint density at radius 1 is 1.32 bits per heavy atom. The fraction of sp³-hybridized carbons (Fsp3) is 0.941. The molecule has 2 fully saturated rings. The summed E-state index contributed by atoms with van der Waals surface area (Å²) >= 11 is 0. The molecule has 1 atom stereocenters. The summed E-state index contributed by atoms with van der Waals surface area (Å²) in [5.41, 5.74) is 0. The van der Waals surface area contributed by atoms with Gasteiger partial charge in [0.05, 0.1) is 6.61 Å². The van der Waals surface area contributed by atoms with E-state index < -0.39 is 0 Å². The number of ether oxygens (including phenoxy) is 1. The molecule has 0 aromatic carbocycles. The molecule has 1 saturated carbocycles. The molecule has 0 spiro atoms. The number of likely N-dealkylation sites (tertiary alicyclic amines) is 1. The minimum Gasteiger partial charge on any atom is -0.379 e. The second-order valence-electron chi connectivity index (χ2n) is 6.79. The Labute approximate surface area is 136 Å². The van der Waals surface area contributed by atoms with Gasteiger partial charge < -0.3 is 15.0 Å². The van der Waals surface area contributed by atoms with E-state index in [9.17, 15) is 0 Å². The zero-order valence-electron chi connectivity index (χ0n) is 14.7. The quantitative estimate of drug-likeness (QED) is 0.422. The minimum absolute atomic E-state index is 0.728. The molecule has 0 amide bonds. The van der Waals surface area contributed by atoms with Gasteiger partial charge >= 0.3 is 0 Å². The number of hydrogen-bond donors (Lipinski definition) is 1. The fourth-order valence-corrected chi connectivity index (χ4v) is 3.03. The molecule has 2 rings (SSSR count). The van der Waals surface area contributed by atoms with Crippen molar-refractivity contribution in [3.05, 3.63) is 0 Å². The molecule has 2 aliphatic rings. The number of piperidine rings is 1. The smallest absolute Gasteiger partial charge is 0.193 e. The number of likely N-dealkylation sites (N-methyl/N-ethyl adjacent to an activating group) is 1. The lowest BCUT2D eigenvalue weighted by molar-refractivity contribution is 0.115. The van der Waals surface area contributed by atoms with Gasteiger partial charge in [-0.2, -0.15) is 0 Å². The molecular formula is C17H34N4O. The first-order valence-corrected chi connectivity index (χ1v) is 8.94. The molecule has 128 valence electrons. The van der Waals surface area contributed by atoms with Crippen LogP contribution in [0.15, 0.2) is 4.99 Å². The first kappa shape index (κ1) is 17.5. The van der Waals surface area contributed by atoms with Gasteiger partial charge in [0, 0.05) is 46.4 Å². The Bertz CT molecular complexity index is 344. The maximum absolute atomic E-state index is 5.70. The van der Waals surface area contributed by atoms with Gasteiger partial charge in [0.25, 0.3) is 0 Å². The molecule has 0 radical (unpaired) electrons. The molecule has 5 nitrogen and oxygen atoms in total. The molecule has 1 N–H and O–H groups in total. The van der Waals surface area contributed by atoms with E-state index in [1.165, 1.54) is 38.6 Å². The van der Waals surface area contributed by atoms with E-state index in [-0.39, 0.29) is 0 Å². The predicted octanol–water partition coefficient (Wildman–Crippen LogP) is 1.79. The summed E-state index contributed by atoms with van der Waals surface area (Å²) in [6.07, 6.45) is 6.78. The Morgan fingerprint density at radius 2 is 2.14 bits per heavy atom. The van der Waals surface area contributed by atoms with Crippen LogP contribution in [0.5, 0.6) is 0 Å². The fourth-order valence-electron chi connectivity index (χ4n) is 3.03. The molecule has 22 heavy (non-hydrogen) atoms. The molecule has 1 unspecified atom stereocenters. The average Bonchev–Trinajstić information content (AvgIpc) is 3.34. The highest BCUT2D eigenvalue weighted by atomic mass is 16.5. The predicted molar refractivity (Wildman–Crippen MR) is 92.4 cm³/mol. The van der Waals surface area contributed by atoms with Crippen molar-refractivity contribution in [3.8, 4) is 0 Å². The zero-order valence-corrected chi connectivity index (χ0v) is 14.7. The Morgan fingerprint density at radius 3 is 2.82 bits per heavy atom. The molecule has 1 saturated heterocycles. The molecule has 5 heteroatoms. The number of nitrogens with one attached hydrogen (secondary N) is 1. The van der Waals surface area contributed by atoms with Crippen LogP contribution in [0, 0.1) is 5.92 Å². The topological polar surface area (TPSA) is 40.1 Å². The van der Waals surface area contributed by atoms with Crippen LogP contribution in [-0.2, 0) is 4.74 Å². The first-order valence-electron chi connectivity index (χ1n) is 8.94. The van der Waals surface area contributed by atoms with Crippen LogP contribution in [0.25, 0.3) is 0 Å². The number of rotatable bonds is 8. The summed E-state index contributed by atoms with van der Waals surface area (Å²) in [5.74, 6) is 1.81. The van der Waals surface area contributed by atoms with Crippen LogP contribution in [0.3, 0.4) is 0 Å². The van der Waals surface area contributed by atoms with Crippen molar-refractivity contribution in [1.29, 1.82) is 0 Å². The van der Waals surface area contributed by atoms with Crippen molar-refractivity contribution in [3.63, 3.8) is 0 Å². The van der Waals surface area contributed by atoms with Crippen LogP contribution in [0.1, 0.15) is 39.0 Å². The molecule has 0 aromatic rings. The van der Waals surface area contributed by atoms with E-state index in [1.807, 2.05) is 7.05 Å². The van der Waals surface area contributed by atoms with Gasteiger partial charge in [-0.3, -0.25) is 9.89 Å². The first-order chi connectivity index (χ1) is 10.7. The largest absolute Gasteiger partial charge is 0.379 e. The van der Waals surface area contributed by atoms with Crippen molar-refractivity contribution in [1.82, 2.24) is 15.1 Å². The minimum atomic E-state index is 0.728. The van der Waals surface area contributed by atoms with Crippen molar-refractivity contribution in [2.45, 2.75) is 45.1 Å². The third kappa shape index (κ3) is 6.13. The number of hydrogen-bond acceptors (Lipinski definition) is 3. The second-order valence-corrected chi connectivity index (χ2v) is 6.79. The summed E-state index contributed by atoms with van der Waals surface area (Å²) in [6.45, 7) is 8.27. The molecule has 0 aromatic heterocycles. The zero-order chi connectivity index (χ0) is 15.8. The van der Waals surface area contributed by atoms with E-state index in [2.05, 4.69) is 34.1 Å². The lowest BCUT2D eigenvalue weighted by Gasteiger charge is -2.33. The molecule has 0 bridgehead atoms. The number of guanidine groups is 1. The van der Waals surface area contributed by atoms with Crippen molar-refractivity contribution >= 4 is 5.96 Å². The van der Waals surface area contributed by atoms with Gasteiger partial charge in [0.1, 0.15) is 0 Å². The number of aliphatic imine (C=N–C) groups is 1. The van der Waals surface area contributed by atoms with Gasteiger partial charge in [-0.1, -0.05) is 6.42 Å². The van der Waals surface area contributed by atoms with Gasteiger partial charge in [-0.25, -0.2) is 0 Å². The summed E-state index contributed by atoms with van der Waals surface area (Å²) in [5, 5.41) is 3.48. The molecule has 1 aliphatic carbocycles. The van der Waals surface area contributed by atoms with Crippen LogP contribution in [0.4, 0.5) is 0 Å². The van der Waals surface area contributed by atoms with Crippen LogP contribution in [0.2, 0.25) is 0 Å². The van der Waals surface area contributed by atoms with E-state index >= 15 is 0 Å². The SMILES string of the molecule is CN=C(NCCN1CCCCC1C)N(C)CCOCC1CC1. The maximum atomic E-state index is 5.70. The van der Waals surface area contributed by atoms with Gasteiger partial charge in [0.2, 0.25) is 0 Å². The monoisotopic (exact) mass is 310 g/mol. The standard InChI is InChI=1S/C17H34N4O/c1-15-6-4-5-10-21(15)11-9-19-17(18-2)20(3)12-13-22-14-16-7-8-16/h15-16H,4-14H2,1-3H3,(H,18,19). The third-order valence-electron chi connectivity index (χ3n) is 4.82. The maximum Gasteiger partial charge on any atom is 0.193 e. The van der Waals surface area contributed by atoms with E-state index in [0.717, 1.165) is 50.8 Å². The lowest BCUT2D eigenvalue weighted by Crippen LogP contribution is -2.46. The molecule has 1 aliphatic heterocycles. The second kappa shape index (κ2) is 9.36. The van der Waals surface area contributed by atoms with Crippen LogP contribution in [-0.4, -0.2) is 75.3 Å². The van der Waals surface area contributed by atoms with Crippen molar-refractivity contribution in [2.75, 3.05) is 53.5 Å². The third-order valence-corrected chi connectivity index (χ3v) is 4.82. The van der Waals surface area contributed by atoms with Crippen LogP contribution < -0.4 is 5.32 Å². The van der Waals surface area contributed by atoms with Gasteiger partial charge in [-0.05, 0) is 45.1 Å². The summed E-state index contributed by atoms with van der Waals surface area (Å²) in [6, 6.07) is 0.728. The highest BCUT2D eigenvalue weighted by molar-refractivity contribution is 5.79. The number of nitrogens with zero attached hydrogens (tertiary/aromatic N) is 3. The van der Waals surface area contributed by atoms with E-state index in [0.29, 0.717) is 0 Å². The lowest BCUT2D eigenvalue weighted by atomic mass is 10.0. The summed E-state index contributed by atoms with van der Waals surface area (Å²) < 4.78 is 5.70. The van der Waals surface area contributed by atoms with Crippen molar-refractivity contribution in [2.24, 2.45) is 10.9 Å².